The first-order valence-corrected chi connectivity index (χ1v) is 6.94. The summed E-state index contributed by atoms with van der Waals surface area (Å²) in [5.74, 6) is 0. The lowest BCUT2D eigenvalue weighted by Gasteiger charge is -2.27. The quantitative estimate of drug-likeness (QED) is 0.933. The molecule has 0 aromatic carbocycles. The highest BCUT2D eigenvalue weighted by Gasteiger charge is 2.46. The van der Waals surface area contributed by atoms with Crippen LogP contribution in [0.1, 0.15) is 45.4 Å². The summed E-state index contributed by atoms with van der Waals surface area (Å²) in [7, 11) is 1.49. The van der Waals surface area contributed by atoms with Crippen LogP contribution in [0.4, 0.5) is 13.2 Å². The largest absolute Gasteiger partial charge is 0.435 e. The molecule has 1 aliphatic rings. The number of aryl methyl sites for hydroxylation is 1. The van der Waals surface area contributed by atoms with Gasteiger partial charge in [-0.25, -0.2) is 0 Å². The Morgan fingerprint density at radius 1 is 1.38 bits per heavy atom. The molecule has 1 atom stereocenters. The van der Waals surface area contributed by atoms with Crippen LogP contribution in [0.25, 0.3) is 0 Å². The minimum Gasteiger partial charge on any atom is -0.368 e. The Morgan fingerprint density at radius 3 is 2.48 bits per heavy atom. The van der Waals surface area contributed by atoms with E-state index in [2.05, 4.69) is 10.4 Å². The minimum atomic E-state index is -4.43. The smallest absolute Gasteiger partial charge is 0.368 e. The van der Waals surface area contributed by atoms with E-state index in [1.807, 2.05) is 27.7 Å². The topological polar surface area (TPSA) is 39.1 Å². The van der Waals surface area contributed by atoms with E-state index in [-0.39, 0.29) is 23.8 Å². The summed E-state index contributed by atoms with van der Waals surface area (Å²) in [6.07, 6.45) is -2.27. The molecule has 2 rings (SSSR count). The summed E-state index contributed by atoms with van der Waals surface area (Å²) in [5, 5.41) is 6.70. The molecule has 7 heteroatoms. The van der Waals surface area contributed by atoms with E-state index < -0.39 is 17.5 Å². The average molecular weight is 305 g/mol. The molecular weight excluding hydrogens is 283 g/mol. The zero-order chi connectivity index (χ0) is 16.1. The Morgan fingerprint density at radius 2 is 2.00 bits per heavy atom. The SMILES string of the molecule is Cn1cc(CN[C@H]2CC(C)(C)OC2(C)C)c(C(F)(F)F)n1. The van der Waals surface area contributed by atoms with Gasteiger partial charge in [0.25, 0.3) is 0 Å². The molecule has 0 aliphatic carbocycles. The van der Waals surface area contributed by atoms with Crippen molar-refractivity contribution in [3.8, 4) is 0 Å². The molecule has 0 spiro atoms. The number of halogens is 3. The van der Waals surface area contributed by atoms with E-state index in [0.717, 1.165) is 6.42 Å². The lowest BCUT2D eigenvalue weighted by atomic mass is 9.94. The molecule has 1 aliphatic heterocycles. The lowest BCUT2D eigenvalue weighted by Crippen LogP contribution is -2.43. The first-order chi connectivity index (χ1) is 9.41. The van der Waals surface area contributed by atoms with Crippen molar-refractivity contribution in [1.29, 1.82) is 0 Å². The van der Waals surface area contributed by atoms with Gasteiger partial charge in [0.2, 0.25) is 0 Å². The predicted octanol–water partition coefficient (Wildman–Crippen LogP) is 2.87. The van der Waals surface area contributed by atoms with Gasteiger partial charge in [-0.1, -0.05) is 0 Å². The van der Waals surface area contributed by atoms with E-state index in [1.165, 1.54) is 17.9 Å². The van der Waals surface area contributed by atoms with Crippen LogP contribution < -0.4 is 5.32 Å². The first-order valence-electron chi connectivity index (χ1n) is 6.94. The van der Waals surface area contributed by atoms with Crippen LogP contribution in [0.15, 0.2) is 6.20 Å². The van der Waals surface area contributed by atoms with E-state index in [0.29, 0.717) is 0 Å². The van der Waals surface area contributed by atoms with Gasteiger partial charge >= 0.3 is 6.18 Å². The molecule has 0 bridgehead atoms. The van der Waals surface area contributed by atoms with Crippen LogP contribution in [-0.2, 0) is 24.5 Å². The summed E-state index contributed by atoms with van der Waals surface area (Å²) >= 11 is 0. The summed E-state index contributed by atoms with van der Waals surface area (Å²) < 4.78 is 45.9. The average Bonchev–Trinajstić information content (AvgIpc) is 2.72. The number of alkyl halides is 3. The van der Waals surface area contributed by atoms with Crippen molar-refractivity contribution in [2.45, 2.75) is 64.1 Å². The van der Waals surface area contributed by atoms with Gasteiger partial charge in [0, 0.05) is 31.4 Å². The van der Waals surface area contributed by atoms with Crippen LogP contribution in [0, 0.1) is 0 Å². The van der Waals surface area contributed by atoms with E-state index in [9.17, 15) is 13.2 Å². The Bertz CT molecular complexity index is 520. The molecule has 0 unspecified atom stereocenters. The van der Waals surface area contributed by atoms with E-state index in [1.54, 1.807) is 0 Å². The maximum Gasteiger partial charge on any atom is 0.435 e. The number of rotatable bonds is 3. The van der Waals surface area contributed by atoms with E-state index >= 15 is 0 Å². The number of ether oxygens (including phenoxy) is 1. The van der Waals surface area contributed by atoms with Crippen molar-refractivity contribution >= 4 is 0 Å². The normalized spacial score (nSPS) is 24.5. The van der Waals surface area contributed by atoms with Crippen molar-refractivity contribution in [3.05, 3.63) is 17.5 Å². The van der Waals surface area contributed by atoms with Gasteiger partial charge in [-0.3, -0.25) is 4.68 Å². The molecular formula is C14H22F3N3O. The molecule has 1 fully saturated rings. The fourth-order valence-electron chi connectivity index (χ4n) is 3.02. The van der Waals surface area contributed by atoms with Gasteiger partial charge < -0.3 is 10.1 Å². The molecule has 1 aromatic heterocycles. The summed E-state index contributed by atoms with van der Waals surface area (Å²) in [5.41, 5.74) is -1.36. The maximum atomic E-state index is 12.9. The van der Waals surface area contributed by atoms with Crippen LogP contribution in [0.5, 0.6) is 0 Å². The van der Waals surface area contributed by atoms with Gasteiger partial charge in [0.1, 0.15) is 0 Å². The standard InChI is InChI=1S/C14H22F3N3O/c1-12(2)6-10(13(3,4)21-12)18-7-9-8-20(5)19-11(9)14(15,16)17/h8,10,18H,6-7H2,1-5H3/t10-/m0/s1. The highest BCUT2D eigenvalue weighted by Crippen LogP contribution is 2.37. The number of aromatic nitrogens is 2. The third-order valence-electron chi connectivity index (χ3n) is 3.79. The van der Waals surface area contributed by atoms with E-state index in [4.69, 9.17) is 4.74 Å². The van der Waals surface area contributed by atoms with Crippen LogP contribution in [0.3, 0.4) is 0 Å². The fourth-order valence-corrected chi connectivity index (χ4v) is 3.02. The predicted molar refractivity (Wildman–Crippen MR) is 72.7 cm³/mol. The minimum absolute atomic E-state index is 0.00575. The van der Waals surface area contributed by atoms with Crippen molar-refractivity contribution in [3.63, 3.8) is 0 Å². The fraction of sp³-hybridized carbons (Fsp3) is 0.786. The van der Waals surface area contributed by atoms with Crippen molar-refractivity contribution in [2.75, 3.05) is 0 Å². The summed E-state index contributed by atoms with van der Waals surface area (Å²) in [4.78, 5) is 0. The number of hydrogen-bond acceptors (Lipinski definition) is 3. The molecule has 0 saturated carbocycles. The molecule has 0 amide bonds. The van der Waals surface area contributed by atoms with Crippen LogP contribution in [0.2, 0.25) is 0 Å². The molecule has 1 saturated heterocycles. The monoisotopic (exact) mass is 305 g/mol. The Kier molecular flexibility index (Phi) is 3.87. The third kappa shape index (κ3) is 3.58. The van der Waals surface area contributed by atoms with Crippen molar-refractivity contribution in [1.82, 2.24) is 15.1 Å². The maximum absolute atomic E-state index is 12.9. The van der Waals surface area contributed by atoms with Crippen molar-refractivity contribution in [2.24, 2.45) is 7.05 Å². The molecule has 21 heavy (non-hydrogen) atoms. The highest BCUT2D eigenvalue weighted by molar-refractivity contribution is 5.20. The second-order valence-electron chi connectivity index (χ2n) is 6.78. The Labute approximate surface area is 122 Å². The molecule has 120 valence electrons. The molecule has 2 heterocycles. The Balaban J connectivity index is 2.11. The number of nitrogens with one attached hydrogen (secondary N) is 1. The van der Waals surface area contributed by atoms with Gasteiger partial charge in [-0.2, -0.15) is 18.3 Å². The third-order valence-corrected chi connectivity index (χ3v) is 3.79. The highest BCUT2D eigenvalue weighted by atomic mass is 19.4. The zero-order valence-corrected chi connectivity index (χ0v) is 13.0. The Hall–Kier alpha value is -1.08. The molecule has 0 radical (unpaired) electrons. The van der Waals surface area contributed by atoms with Gasteiger partial charge in [0.15, 0.2) is 5.69 Å². The molecule has 1 N–H and O–H groups in total. The van der Waals surface area contributed by atoms with Crippen molar-refractivity contribution < 1.29 is 17.9 Å². The molecule has 1 aromatic rings. The summed E-state index contributed by atoms with van der Waals surface area (Å²) in [6, 6.07) is -0.00575. The van der Waals surface area contributed by atoms with Crippen LogP contribution >= 0.6 is 0 Å². The number of nitrogens with zero attached hydrogens (tertiary/aromatic N) is 2. The van der Waals surface area contributed by atoms with Crippen LogP contribution in [-0.4, -0.2) is 27.0 Å². The summed E-state index contributed by atoms with van der Waals surface area (Å²) in [6.45, 7) is 8.00. The second kappa shape index (κ2) is 4.98. The lowest BCUT2D eigenvalue weighted by molar-refractivity contribution is -0.142. The van der Waals surface area contributed by atoms with Gasteiger partial charge in [-0.05, 0) is 34.1 Å². The molecule has 4 nitrogen and oxygen atoms in total. The number of hydrogen-bond donors (Lipinski definition) is 1. The van der Waals surface area contributed by atoms with Gasteiger partial charge in [0.05, 0.1) is 11.2 Å². The zero-order valence-electron chi connectivity index (χ0n) is 13.0. The second-order valence-corrected chi connectivity index (χ2v) is 6.78. The first kappa shape index (κ1) is 16.3. The van der Waals surface area contributed by atoms with Gasteiger partial charge in [-0.15, -0.1) is 0 Å².